The highest BCUT2D eigenvalue weighted by atomic mass is 32.2. The first kappa shape index (κ1) is 17.5. The molecule has 1 aliphatic heterocycles. The fraction of sp³-hybridized carbons (Fsp3) is 0.412. The third-order valence-electron chi connectivity index (χ3n) is 3.91. The Hall–Kier alpha value is -2.35. The molecule has 0 spiro atoms. The van der Waals surface area contributed by atoms with Crippen LogP contribution in [0.1, 0.15) is 35.5 Å². The minimum atomic E-state index is -0.201. The van der Waals surface area contributed by atoms with Gasteiger partial charge in [0, 0.05) is 18.7 Å². The second-order valence-corrected chi connectivity index (χ2v) is 6.67. The Morgan fingerprint density at radius 2 is 1.88 bits per heavy atom. The number of hydrogen-bond acceptors (Lipinski definition) is 6. The number of thioether (sulfide) groups is 1. The molecule has 8 heteroatoms. The molecule has 2 amide bonds. The molecule has 0 atom stereocenters. The van der Waals surface area contributed by atoms with Crippen molar-refractivity contribution in [2.24, 2.45) is 0 Å². The summed E-state index contributed by atoms with van der Waals surface area (Å²) in [6, 6.07) is 8.92. The molecule has 1 aliphatic rings. The summed E-state index contributed by atoms with van der Waals surface area (Å²) in [5.74, 6) is 0.505. The number of benzene rings is 1. The summed E-state index contributed by atoms with van der Waals surface area (Å²) >= 11 is 1.23. The second-order valence-electron chi connectivity index (χ2n) is 5.74. The largest absolute Gasteiger partial charge is 0.414 e. The molecule has 2 heterocycles. The number of carbonyl (C=O) groups is 2. The van der Waals surface area contributed by atoms with Gasteiger partial charge in [0.05, 0.1) is 12.3 Å². The van der Waals surface area contributed by atoms with E-state index in [1.807, 2.05) is 11.0 Å². The van der Waals surface area contributed by atoms with Crippen LogP contribution in [0.5, 0.6) is 0 Å². The molecule has 3 rings (SSSR count). The molecule has 0 radical (unpaired) electrons. The molecule has 132 valence electrons. The van der Waals surface area contributed by atoms with Gasteiger partial charge in [-0.2, -0.15) is 0 Å². The summed E-state index contributed by atoms with van der Waals surface area (Å²) in [4.78, 5) is 25.9. The highest BCUT2D eigenvalue weighted by molar-refractivity contribution is 7.99. The van der Waals surface area contributed by atoms with E-state index in [9.17, 15) is 9.59 Å². The van der Waals surface area contributed by atoms with Crippen LogP contribution in [-0.2, 0) is 11.3 Å². The fourth-order valence-corrected chi connectivity index (χ4v) is 3.26. The summed E-state index contributed by atoms with van der Waals surface area (Å²) in [6.45, 7) is 1.82. The zero-order valence-electron chi connectivity index (χ0n) is 13.8. The van der Waals surface area contributed by atoms with E-state index < -0.39 is 0 Å². The van der Waals surface area contributed by atoms with Gasteiger partial charge in [0.15, 0.2) is 0 Å². The lowest BCUT2D eigenvalue weighted by atomic mass is 10.1. The number of hydrogen-bond donors (Lipinski definition) is 1. The monoisotopic (exact) mass is 360 g/mol. The van der Waals surface area contributed by atoms with Crippen molar-refractivity contribution in [1.29, 1.82) is 0 Å². The number of nitrogens with one attached hydrogen (secondary N) is 1. The van der Waals surface area contributed by atoms with Crippen molar-refractivity contribution in [2.75, 3.05) is 18.8 Å². The van der Waals surface area contributed by atoms with Crippen molar-refractivity contribution < 1.29 is 14.0 Å². The van der Waals surface area contributed by atoms with Crippen molar-refractivity contribution in [3.8, 4) is 0 Å². The minimum absolute atomic E-state index is 0.0989. The molecule has 1 aromatic heterocycles. The zero-order valence-corrected chi connectivity index (χ0v) is 14.6. The first-order valence-electron chi connectivity index (χ1n) is 8.28. The maximum Gasteiger partial charge on any atom is 0.277 e. The molecule has 1 N–H and O–H groups in total. The Morgan fingerprint density at radius 3 is 2.64 bits per heavy atom. The quantitative estimate of drug-likeness (QED) is 0.794. The summed E-state index contributed by atoms with van der Waals surface area (Å²) in [5.41, 5.74) is 0.573. The van der Waals surface area contributed by atoms with Gasteiger partial charge in [-0.3, -0.25) is 9.59 Å². The van der Waals surface area contributed by atoms with Gasteiger partial charge in [0.25, 0.3) is 11.1 Å². The van der Waals surface area contributed by atoms with Gasteiger partial charge < -0.3 is 14.6 Å². The van der Waals surface area contributed by atoms with Gasteiger partial charge >= 0.3 is 0 Å². The molecule has 0 saturated carbocycles. The Balaban J connectivity index is 1.44. The smallest absolute Gasteiger partial charge is 0.277 e. The van der Waals surface area contributed by atoms with E-state index in [-0.39, 0.29) is 24.1 Å². The standard InChI is InChI=1S/C17H20N4O3S/c22-15(21-9-5-2-6-10-21)12-25-17-20-19-14(24-17)11-18-16(23)13-7-3-1-4-8-13/h1,3-4,7-8H,2,5-6,9-12H2,(H,18,23). The third-order valence-corrected chi connectivity index (χ3v) is 4.72. The van der Waals surface area contributed by atoms with Crippen molar-refractivity contribution in [2.45, 2.75) is 31.0 Å². The minimum Gasteiger partial charge on any atom is -0.414 e. The summed E-state index contributed by atoms with van der Waals surface area (Å²) < 4.78 is 5.46. The highest BCUT2D eigenvalue weighted by Crippen LogP contribution is 2.18. The number of amides is 2. The van der Waals surface area contributed by atoms with E-state index in [1.165, 1.54) is 18.2 Å². The van der Waals surface area contributed by atoms with E-state index in [2.05, 4.69) is 15.5 Å². The Kier molecular flexibility index (Phi) is 6.05. The van der Waals surface area contributed by atoms with Crippen LogP contribution in [-0.4, -0.2) is 45.8 Å². The lowest BCUT2D eigenvalue weighted by molar-refractivity contribution is -0.129. The van der Waals surface area contributed by atoms with Crippen molar-refractivity contribution in [3.63, 3.8) is 0 Å². The van der Waals surface area contributed by atoms with Crippen LogP contribution in [0.2, 0.25) is 0 Å². The van der Waals surface area contributed by atoms with Gasteiger partial charge in [-0.25, -0.2) is 0 Å². The number of likely N-dealkylation sites (tertiary alicyclic amines) is 1. The molecule has 7 nitrogen and oxygen atoms in total. The molecule has 0 bridgehead atoms. The maximum atomic E-state index is 12.1. The molecular weight excluding hydrogens is 340 g/mol. The van der Waals surface area contributed by atoms with Gasteiger partial charge in [-0.05, 0) is 31.4 Å². The van der Waals surface area contributed by atoms with Crippen molar-refractivity contribution >= 4 is 23.6 Å². The van der Waals surface area contributed by atoms with Crippen LogP contribution in [0.4, 0.5) is 0 Å². The predicted octanol–water partition coefficient (Wildman–Crippen LogP) is 2.10. The van der Waals surface area contributed by atoms with Crippen molar-refractivity contribution in [3.05, 3.63) is 41.8 Å². The van der Waals surface area contributed by atoms with E-state index >= 15 is 0 Å². The van der Waals surface area contributed by atoms with Crippen LogP contribution in [0.3, 0.4) is 0 Å². The lowest BCUT2D eigenvalue weighted by Crippen LogP contribution is -2.36. The Labute approximate surface area is 150 Å². The molecule has 1 fully saturated rings. The van der Waals surface area contributed by atoms with Gasteiger partial charge in [-0.15, -0.1) is 10.2 Å². The molecule has 1 saturated heterocycles. The molecule has 2 aromatic rings. The normalized spacial score (nSPS) is 14.3. The third kappa shape index (κ3) is 5.06. The Bertz CT molecular complexity index is 714. The van der Waals surface area contributed by atoms with Crippen LogP contribution in [0, 0.1) is 0 Å². The average Bonchev–Trinajstić information content (AvgIpc) is 3.13. The molecule has 0 aliphatic carbocycles. The summed E-state index contributed by atoms with van der Waals surface area (Å²) in [6.07, 6.45) is 3.34. The molecular formula is C17H20N4O3S. The topological polar surface area (TPSA) is 88.3 Å². The van der Waals surface area contributed by atoms with Gasteiger partial charge in [0.1, 0.15) is 0 Å². The number of carbonyl (C=O) groups excluding carboxylic acids is 2. The van der Waals surface area contributed by atoms with Crippen LogP contribution in [0.15, 0.2) is 40.0 Å². The predicted molar refractivity (Wildman–Crippen MR) is 93.1 cm³/mol. The van der Waals surface area contributed by atoms with Gasteiger partial charge in [0.2, 0.25) is 11.8 Å². The Morgan fingerprint density at radius 1 is 1.12 bits per heavy atom. The SMILES string of the molecule is O=C(NCc1nnc(SCC(=O)N2CCCCC2)o1)c1ccccc1. The molecule has 1 aromatic carbocycles. The highest BCUT2D eigenvalue weighted by Gasteiger charge is 2.18. The van der Waals surface area contributed by atoms with E-state index in [0.717, 1.165) is 25.9 Å². The van der Waals surface area contributed by atoms with E-state index in [4.69, 9.17) is 4.42 Å². The van der Waals surface area contributed by atoms with Crippen LogP contribution < -0.4 is 5.32 Å². The van der Waals surface area contributed by atoms with E-state index in [0.29, 0.717) is 16.7 Å². The fourth-order valence-electron chi connectivity index (χ4n) is 2.57. The first-order valence-corrected chi connectivity index (χ1v) is 9.27. The van der Waals surface area contributed by atoms with Crippen LogP contribution in [0.25, 0.3) is 0 Å². The number of aromatic nitrogens is 2. The first-order chi connectivity index (χ1) is 12.2. The maximum absolute atomic E-state index is 12.1. The van der Waals surface area contributed by atoms with Crippen LogP contribution >= 0.6 is 11.8 Å². The summed E-state index contributed by atoms with van der Waals surface area (Å²) in [7, 11) is 0. The number of piperidine rings is 1. The van der Waals surface area contributed by atoms with Crippen molar-refractivity contribution in [1.82, 2.24) is 20.4 Å². The lowest BCUT2D eigenvalue weighted by Gasteiger charge is -2.26. The van der Waals surface area contributed by atoms with E-state index in [1.54, 1.807) is 24.3 Å². The average molecular weight is 360 g/mol. The molecule has 0 unspecified atom stereocenters. The summed E-state index contributed by atoms with van der Waals surface area (Å²) in [5, 5.41) is 10.9. The molecule has 25 heavy (non-hydrogen) atoms. The van der Waals surface area contributed by atoms with Gasteiger partial charge in [-0.1, -0.05) is 30.0 Å². The zero-order chi connectivity index (χ0) is 17.5. The second kappa shape index (κ2) is 8.66. The number of rotatable bonds is 6. The number of nitrogens with zero attached hydrogens (tertiary/aromatic N) is 3.